The SMILES string of the molecule is Cc1nc(C(O)C(c2ccc(Cl)cc2)n2cncn2)sc1C. The van der Waals surface area contributed by atoms with Crippen LogP contribution in [0.3, 0.4) is 0 Å². The van der Waals surface area contributed by atoms with Gasteiger partial charge in [0, 0.05) is 9.90 Å². The van der Waals surface area contributed by atoms with E-state index in [1.165, 1.54) is 17.7 Å². The average molecular weight is 335 g/mol. The number of nitrogens with zero attached hydrogens (tertiary/aromatic N) is 4. The van der Waals surface area contributed by atoms with Gasteiger partial charge in [0.05, 0.1) is 5.69 Å². The van der Waals surface area contributed by atoms with E-state index in [1.807, 2.05) is 26.0 Å². The first kappa shape index (κ1) is 15.1. The van der Waals surface area contributed by atoms with E-state index >= 15 is 0 Å². The van der Waals surface area contributed by atoms with Crippen LogP contribution in [-0.2, 0) is 0 Å². The standard InChI is InChI=1S/C15H15ClN4OS/c1-9-10(2)22-15(19-9)14(21)13(20-8-17-7-18-20)11-3-5-12(16)6-4-11/h3-8,13-14,21H,1-2H3. The Balaban J connectivity index is 2.03. The van der Waals surface area contributed by atoms with Crippen molar-refractivity contribution in [3.8, 4) is 0 Å². The molecular formula is C15H15ClN4OS. The van der Waals surface area contributed by atoms with Gasteiger partial charge < -0.3 is 5.11 Å². The largest absolute Gasteiger partial charge is 0.383 e. The van der Waals surface area contributed by atoms with Crippen molar-refractivity contribution in [2.75, 3.05) is 0 Å². The molecule has 0 radical (unpaired) electrons. The summed E-state index contributed by atoms with van der Waals surface area (Å²) in [7, 11) is 0. The van der Waals surface area contributed by atoms with Crippen LogP contribution in [0.15, 0.2) is 36.9 Å². The number of hydrogen-bond acceptors (Lipinski definition) is 5. The van der Waals surface area contributed by atoms with Crippen LogP contribution in [0.25, 0.3) is 0 Å². The zero-order valence-electron chi connectivity index (χ0n) is 12.1. The summed E-state index contributed by atoms with van der Waals surface area (Å²) in [5, 5.41) is 16.3. The van der Waals surface area contributed by atoms with Crippen molar-refractivity contribution in [2.24, 2.45) is 0 Å². The molecule has 0 bridgehead atoms. The highest BCUT2D eigenvalue weighted by atomic mass is 35.5. The van der Waals surface area contributed by atoms with E-state index in [4.69, 9.17) is 11.6 Å². The van der Waals surface area contributed by atoms with Gasteiger partial charge in [-0.05, 0) is 31.5 Å². The van der Waals surface area contributed by atoms with Crippen LogP contribution in [0.4, 0.5) is 0 Å². The summed E-state index contributed by atoms with van der Waals surface area (Å²) in [5.74, 6) is 0. The Hall–Kier alpha value is -1.76. The van der Waals surface area contributed by atoms with Crippen molar-refractivity contribution in [2.45, 2.75) is 26.0 Å². The normalized spacial score (nSPS) is 14.0. The Kier molecular flexibility index (Phi) is 4.24. The summed E-state index contributed by atoms with van der Waals surface area (Å²) in [6, 6.07) is 6.96. The van der Waals surface area contributed by atoms with Crippen molar-refractivity contribution >= 4 is 22.9 Å². The molecule has 0 saturated carbocycles. The van der Waals surface area contributed by atoms with Crippen molar-refractivity contribution in [3.63, 3.8) is 0 Å². The summed E-state index contributed by atoms with van der Waals surface area (Å²) >= 11 is 7.45. The van der Waals surface area contributed by atoms with E-state index in [0.29, 0.717) is 10.0 Å². The summed E-state index contributed by atoms with van der Waals surface area (Å²) in [5.41, 5.74) is 1.83. The number of hydrogen-bond donors (Lipinski definition) is 1. The second-order valence-electron chi connectivity index (χ2n) is 5.01. The lowest BCUT2D eigenvalue weighted by Gasteiger charge is -2.22. The summed E-state index contributed by atoms with van der Waals surface area (Å²) < 4.78 is 1.64. The molecule has 2 heterocycles. The van der Waals surface area contributed by atoms with E-state index in [0.717, 1.165) is 16.1 Å². The maximum atomic E-state index is 10.8. The zero-order chi connectivity index (χ0) is 15.7. The number of aromatic nitrogens is 4. The summed E-state index contributed by atoms with van der Waals surface area (Å²) in [6.07, 6.45) is 2.24. The quantitative estimate of drug-likeness (QED) is 0.795. The predicted molar refractivity (Wildman–Crippen MR) is 86.2 cm³/mol. The Morgan fingerprint density at radius 2 is 1.95 bits per heavy atom. The molecule has 0 saturated heterocycles. The highest BCUT2D eigenvalue weighted by molar-refractivity contribution is 7.11. The molecule has 0 aliphatic heterocycles. The van der Waals surface area contributed by atoms with Gasteiger partial charge in [-0.2, -0.15) is 5.10 Å². The van der Waals surface area contributed by atoms with Crippen LogP contribution in [-0.4, -0.2) is 24.9 Å². The van der Waals surface area contributed by atoms with Gasteiger partial charge in [-0.25, -0.2) is 14.6 Å². The Labute approximate surface area is 137 Å². The van der Waals surface area contributed by atoms with Gasteiger partial charge in [-0.3, -0.25) is 0 Å². The molecule has 2 atom stereocenters. The summed E-state index contributed by atoms with van der Waals surface area (Å²) in [4.78, 5) is 9.55. The number of thiazole rings is 1. The smallest absolute Gasteiger partial charge is 0.137 e. The number of halogens is 1. The molecular weight excluding hydrogens is 320 g/mol. The van der Waals surface area contributed by atoms with Crippen molar-refractivity contribution in [3.05, 3.63) is 63.1 Å². The highest BCUT2D eigenvalue weighted by Gasteiger charge is 2.28. The second-order valence-corrected chi connectivity index (χ2v) is 6.68. The number of aryl methyl sites for hydroxylation is 2. The van der Waals surface area contributed by atoms with Gasteiger partial charge in [-0.1, -0.05) is 23.7 Å². The molecule has 114 valence electrons. The Morgan fingerprint density at radius 1 is 1.23 bits per heavy atom. The second kappa shape index (κ2) is 6.16. The Morgan fingerprint density at radius 3 is 2.50 bits per heavy atom. The van der Waals surface area contributed by atoms with E-state index in [1.54, 1.807) is 23.1 Å². The third kappa shape index (κ3) is 2.90. The molecule has 22 heavy (non-hydrogen) atoms. The predicted octanol–water partition coefficient (Wildman–Crippen LogP) is 3.33. The van der Waals surface area contributed by atoms with Crippen molar-refractivity contribution in [1.82, 2.24) is 19.7 Å². The lowest BCUT2D eigenvalue weighted by atomic mass is 10.0. The van der Waals surface area contributed by atoms with E-state index < -0.39 is 12.1 Å². The van der Waals surface area contributed by atoms with E-state index in [-0.39, 0.29) is 0 Å². The molecule has 0 fully saturated rings. The number of aliphatic hydroxyl groups is 1. The molecule has 3 aromatic rings. The first-order valence-electron chi connectivity index (χ1n) is 6.78. The molecule has 0 aliphatic rings. The molecule has 3 rings (SSSR count). The van der Waals surface area contributed by atoms with Gasteiger partial charge in [0.1, 0.15) is 29.8 Å². The lowest BCUT2D eigenvalue weighted by molar-refractivity contribution is 0.125. The monoisotopic (exact) mass is 334 g/mol. The fourth-order valence-corrected chi connectivity index (χ4v) is 3.33. The van der Waals surface area contributed by atoms with Gasteiger partial charge >= 0.3 is 0 Å². The van der Waals surface area contributed by atoms with Crippen LogP contribution in [0.1, 0.15) is 33.3 Å². The topological polar surface area (TPSA) is 63.8 Å². The number of aliphatic hydroxyl groups excluding tert-OH is 1. The van der Waals surface area contributed by atoms with Crippen LogP contribution in [0, 0.1) is 13.8 Å². The Bertz CT molecular complexity index is 735. The molecule has 7 heteroatoms. The average Bonchev–Trinajstić information content (AvgIpc) is 3.12. The molecule has 0 amide bonds. The van der Waals surface area contributed by atoms with Crippen LogP contribution < -0.4 is 0 Å². The molecule has 1 aromatic carbocycles. The van der Waals surface area contributed by atoms with E-state index in [2.05, 4.69) is 15.1 Å². The maximum Gasteiger partial charge on any atom is 0.137 e. The van der Waals surface area contributed by atoms with Gasteiger partial charge in [0.25, 0.3) is 0 Å². The minimum atomic E-state index is -0.805. The maximum absolute atomic E-state index is 10.8. The molecule has 1 N–H and O–H groups in total. The van der Waals surface area contributed by atoms with Crippen molar-refractivity contribution < 1.29 is 5.11 Å². The lowest BCUT2D eigenvalue weighted by Crippen LogP contribution is -2.19. The molecule has 2 unspecified atom stereocenters. The minimum Gasteiger partial charge on any atom is -0.383 e. The fourth-order valence-electron chi connectivity index (χ4n) is 2.26. The van der Waals surface area contributed by atoms with Crippen LogP contribution in [0.5, 0.6) is 0 Å². The molecule has 5 nitrogen and oxygen atoms in total. The summed E-state index contributed by atoms with van der Waals surface area (Å²) in [6.45, 7) is 3.94. The van der Waals surface area contributed by atoms with Gasteiger partial charge in [0.2, 0.25) is 0 Å². The molecule has 2 aromatic heterocycles. The first-order chi connectivity index (χ1) is 10.6. The first-order valence-corrected chi connectivity index (χ1v) is 7.97. The van der Waals surface area contributed by atoms with Crippen LogP contribution >= 0.6 is 22.9 Å². The van der Waals surface area contributed by atoms with Gasteiger partial charge in [-0.15, -0.1) is 11.3 Å². The minimum absolute atomic E-state index is 0.398. The van der Waals surface area contributed by atoms with Crippen molar-refractivity contribution in [1.29, 1.82) is 0 Å². The van der Waals surface area contributed by atoms with E-state index in [9.17, 15) is 5.11 Å². The highest BCUT2D eigenvalue weighted by Crippen LogP contribution is 2.35. The van der Waals surface area contributed by atoms with Crippen LogP contribution in [0.2, 0.25) is 5.02 Å². The molecule has 0 spiro atoms. The fraction of sp³-hybridized carbons (Fsp3) is 0.267. The third-order valence-corrected chi connectivity index (χ3v) is 4.93. The number of benzene rings is 1. The molecule has 0 aliphatic carbocycles. The third-order valence-electron chi connectivity index (χ3n) is 3.53. The van der Waals surface area contributed by atoms with Gasteiger partial charge in [0.15, 0.2) is 0 Å². The zero-order valence-corrected chi connectivity index (χ0v) is 13.7. The number of rotatable bonds is 4.